The number of H-pyrrole nitrogens is 1. The fourth-order valence-electron chi connectivity index (χ4n) is 2.15. The highest BCUT2D eigenvalue weighted by Gasteiger charge is 2.12. The van der Waals surface area contributed by atoms with Crippen LogP contribution in [-0.2, 0) is 6.54 Å². The minimum atomic E-state index is -0.518. The van der Waals surface area contributed by atoms with Crippen molar-refractivity contribution in [3.8, 4) is 0 Å². The van der Waals surface area contributed by atoms with E-state index in [0.29, 0.717) is 16.3 Å². The number of aromatic amines is 1. The highest BCUT2D eigenvalue weighted by molar-refractivity contribution is 7.15. The predicted molar refractivity (Wildman–Crippen MR) is 82.3 cm³/mol. The standard InChI is InChI=1S/C15H13N3O2S/c16-14(19)11-4-5-12(21-11)15(20)18-8-10-3-1-2-9-6-7-17-13(9)10/h1-7,17H,8H2,(H2,16,19)(H,18,20). The van der Waals surface area contributed by atoms with Gasteiger partial charge in [0.1, 0.15) is 0 Å². The van der Waals surface area contributed by atoms with E-state index in [2.05, 4.69) is 10.3 Å². The summed E-state index contributed by atoms with van der Waals surface area (Å²) in [5.74, 6) is -0.730. The number of hydrogen-bond donors (Lipinski definition) is 3. The Morgan fingerprint density at radius 2 is 1.95 bits per heavy atom. The van der Waals surface area contributed by atoms with E-state index in [1.165, 1.54) is 0 Å². The highest BCUT2D eigenvalue weighted by Crippen LogP contribution is 2.18. The van der Waals surface area contributed by atoms with Crippen molar-refractivity contribution in [2.75, 3.05) is 0 Å². The van der Waals surface area contributed by atoms with Gasteiger partial charge in [0.25, 0.3) is 11.8 Å². The van der Waals surface area contributed by atoms with Gasteiger partial charge >= 0.3 is 0 Å². The normalized spacial score (nSPS) is 10.7. The van der Waals surface area contributed by atoms with Gasteiger partial charge in [-0.25, -0.2) is 0 Å². The molecule has 0 fully saturated rings. The van der Waals surface area contributed by atoms with E-state index in [4.69, 9.17) is 5.73 Å². The summed E-state index contributed by atoms with van der Waals surface area (Å²) < 4.78 is 0. The van der Waals surface area contributed by atoms with E-state index in [9.17, 15) is 9.59 Å². The van der Waals surface area contributed by atoms with Crippen LogP contribution in [0.3, 0.4) is 0 Å². The average Bonchev–Trinajstić information content (AvgIpc) is 3.13. The van der Waals surface area contributed by atoms with Crippen LogP contribution in [0.25, 0.3) is 10.9 Å². The molecular formula is C15H13N3O2S. The van der Waals surface area contributed by atoms with Gasteiger partial charge in [-0.05, 0) is 29.1 Å². The van der Waals surface area contributed by atoms with Crippen LogP contribution in [0, 0.1) is 0 Å². The van der Waals surface area contributed by atoms with Crippen molar-refractivity contribution >= 4 is 34.1 Å². The van der Waals surface area contributed by atoms with Crippen molar-refractivity contribution in [1.29, 1.82) is 0 Å². The maximum absolute atomic E-state index is 12.1. The van der Waals surface area contributed by atoms with Crippen molar-refractivity contribution in [3.63, 3.8) is 0 Å². The summed E-state index contributed by atoms with van der Waals surface area (Å²) >= 11 is 1.10. The van der Waals surface area contributed by atoms with Crippen LogP contribution in [-0.4, -0.2) is 16.8 Å². The molecule has 21 heavy (non-hydrogen) atoms. The molecule has 2 amide bonds. The van der Waals surface area contributed by atoms with Crippen molar-refractivity contribution in [1.82, 2.24) is 10.3 Å². The third-order valence-corrected chi connectivity index (χ3v) is 4.28. The first-order valence-corrected chi connectivity index (χ1v) is 7.19. The summed E-state index contributed by atoms with van der Waals surface area (Å²) in [5, 5.41) is 3.95. The van der Waals surface area contributed by atoms with Crippen molar-refractivity contribution in [2.45, 2.75) is 6.54 Å². The molecule has 0 aliphatic heterocycles. The topological polar surface area (TPSA) is 88.0 Å². The van der Waals surface area contributed by atoms with E-state index in [1.807, 2.05) is 30.5 Å². The van der Waals surface area contributed by atoms with Crippen molar-refractivity contribution in [3.05, 3.63) is 57.9 Å². The van der Waals surface area contributed by atoms with Gasteiger partial charge in [0.2, 0.25) is 0 Å². The Morgan fingerprint density at radius 1 is 1.14 bits per heavy atom. The molecule has 2 aromatic heterocycles. The molecule has 106 valence electrons. The van der Waals surface area contributed by atoms with Gasteiger partial charge in [-0.15, -0.1) is 11.3 Å². The third-order valence-electron chi connectivity index (χ3n) is 3.19. The number of benzene rings is 1. The van der Waals surface area contributed by atoms with Crippen LogP contribution in [0.15, 0.2) is 42.6 Å². The third kappa shape index (κ3) is 2.66. The number of nitrogens with two attached hydrogens (primary N) is 1. The largest absolute Gasteiger partial charge is 0.365 e. The molecule has 0 aliphatic carbocycles. The van der Waals surface area contributed by atoms with Crippen molar-refractivity contribution in [2.24, 2.45) is 5.73 Å². The molecule has 2 heterocycles. The number of amides is 2. The summed E-state index contributed by atoms with van der Waals surface area (Å²) in [6.45, 7) is 0.417. The fourth-order valence-corrected chi connectivity index (χ4v) is 2.93. The van der Waals surface area contributed by atoms with E-state index < -0.39 is 5.91 Å². The van der Waals surface area contributed by atoms with Gasteiger partial charge in [-0.1, -0.05) is 18.2 Å². The molecule has 0 unspecified atom stereocenters. The molecule has 6 heteroatoms. The molecular weight excluding hydrogens is 286 g/mol. The number of fused-ring (bicyclic) bond motifs is 1. The van der Waals surface area contributed by atoms with Crippen molar-refractivity contribution < 1.29 is 9.59 Å². The second kappa shape index (κ2) is 5.41. The average molecular weight is 299 g/mol. The second-order valence-corrected chi connectivity index (χ2v) is 5.65. The number of para-hydroxylation sites is 1. The molecule has 0 saturated heterocycles. The molecule has 0 atom stereocenters. The lowest BCUT2D eigenvalue weighted by Gasteiger charge is -2.05. The molecule has 0 aliphatic rings. The quantitative estimate of drug-likeness (QED) is 0.690. The first kappa shape index (κ1) is 13.4. The summed E-state index contributed by atoms with van der Waals surface area (Å²) in [6, 6.07) is 11.1. The van der Waals surface area contributed by atoms with E-state index in [0.717, 1.165) is 27.8 Å². The Hall–Kier alpha value is -2.60. The number of primary amides is 1. The van der Waals surface area contributed by atoms with E-state index in [1.54, 1.807) is 12.1 Å². The summed E-state index contributed by atoms with van der Waals surface area (Å²) in [7, 11) is 0. The number of carbonyl (C=O) groups excluding carboxylic acids is 2. The van der Waals surface area contributed by atoms with Crippen LogP contribution < -0.4 is 11.1 Å². The van der Waals surface area contributed by atoms with E-state index >= 15 is 0 Å². The lowest BCUT2D eigenvalue weighted by atomic mass is 10.1. The Kier molecular flexibility index (Phi) is 3.45. The van der Waals surface area contributed by atoms with Crippen LogP contribution in [0.1, 0.15) is 24.9 Å². The molecule has 1 aromatic carbocycles. The van der Waals surface area contributed by atoms with Crippen LogP contribution >= 0.6 is 11.3 Å². The molecule has 0 spiro atoms. The first-order chi connectivity index (χ1) is 10.1. The Labute approximate surface area is 124 Å². The number of nitrogens with one attached hydrogen (secondary N) is 2. The van der Waals surface area contributed by atoms with Gasteiger partial charge < -0.3 is 16.0 Å². The maximum Gasteiger partial charge on any atom is 0.261 e. The maximum atomic E-state index is 12.1. The smallest absolute Gasteiger partial charge is 0.261 e. The number of hydrogen-bond acceptors (Lipinski definition) is 3. The molecule has 3 aromatic rings. The Balaban J connectivity index is 1.73. The lowest BCUT2D eigenvalue weighted by Crippen LogP contribution is -2.21. The summed E-state index contributed by atoms with van der Waals surface area (Å²) in [4.78, 5) is 27.1. The minimum absolute atomic E-state index is 0.212. The first-order valence-electron chi connectivity index (χ1n) is 6.38. The molecule has 0 saturated carbocycles. The van der Waals surface area contributed by atoms with Gasteiger partial charge in [-0.3, -0.25) is 9.59 Å². The lowest BCUT2D eigenvalue weighted by molar-refractivity contribution is 0.0954. The van der Waals surface area contributed by atoms with Crippen LogP contribution in [0.5, 0.6) is 0 Å². The van der Waals surface area contributed by atoms with Gasteiger partial charge in [0.15, 0.2) is 0 Å². The zero-order valence-electron chi connectivity index (χ0n) is 11.1. The molecule has 0 radical (unpaired) electrons. The molecule has 0 bridgehead atoms. The van der Waals surface area contributed by atoms with E-state index in [-0.39, 0.29) is 5.91 Å². The number of rotatable bonds is 4. The van der Waals surface area contributed by atoms with Gasteiger partial charge in [0.05, 0.1) is 15.3 Å². The highest BCUT2D eigenvalue weighted by atomic mass is 32.1. The Morgan fingerprint density at radius 3 is 2.71 bits per heavy atom. The fraction of sp³-hybridized carbons (Fsp3) is 0.0667. The summed E-state index contributed by atoms with van der Waals surface area (Å²) in [5.41, 5.74) is 7.21. The molecule has 3 rings (SSSR count). The zero-order chi connectivity index (χ0) is 14.8. The number of thiophene rings is 1. The SMILES string of the molecule is NC(=O)c1ccc(C(=O)NCc2cccc3cc[nH]c23)s1. The minimum Gasteiger partial charge on any atom is -0.365 e. The second-order valence-electron chi connectivity index (χ2n) is 4.57. The number of aromatic nitrogens is 1. The molecule has 4 N–H and O–H groups in total. The monoisotopic (exact) mass is 299 g/mol. The molecule has 5 nitrogen and oxygen atoms in total. The predicted octanol–water partition coefficient (Wildman–Crippen LogP) is 2.26. The number of carbonyl (C=O) groups is 2. The zero-order valence-corrected chi connectivity index (χ0v) is 11.9. The summed E-state index contributed by atoms with van der Waals surface area (Å²) in [6.07, 6.45) is 1.87. The van der Waals surface area contributed by atoms with Gasteiger partial charge in [-0.2, -0.15) is 0 Å². The van der Waals surface area contributed by atoms with Crippen LogP contribution in [0.4, 0.5) is 0 Å². The Bertz CT molecular complexity index is 819. The van der Waals surface area contributed by atoms with Gasteiger partial charge in [0, 0.05) is 12.7 Å². The van der Waals surface area contributed by atoms with Crippen LogP contribution in [0.2, 0.25) is 0 Å².